The van der Waals surface area contributed by atoms with Crippen LogP contribution in [0, 0.1) is 0 Å². The normalized spacial score (nSPS) is 12.3. The van der Waals surface area contributed by atoms with Crippen molar-refractivity contribution in [3.63, 3.8) is 0 Å². The third kappa shape index (κ3) is 31.5. The molecule has 2 aliphatic rings. The van der Waals surface area contributed by atoms with E-state index in [0.717, 1.165) is 76.1 Å². The fourth-order valence-electron chi connectivity index (χ4n) is 11.5. The molecule has 0 spiro atoms. The maximum absolute atomic E-state index is 12.6. The van der Waals surface area contributed by atoms with E-state index in [1.807, 2.05) is 121 Å². The number of carbonyl (C=O) groups excluding carboxylic acids is 6. The summed E-state index contributed by atoms with van der Waals surface area (Å²) in [6.45, 7) is 6.10. The molecule has 0 radical (unpaired) electrons. The number of nitrogens with zero attached hydrogens (tertiary/aromatic N) is 12. The summed E-state index contributed by atoms with van der Waals surface area (Å²) in [4.78, 5) is 104. The van der Waals surface area contributed by atoms with Gasteiger partial charge in [0.1, 0.15) is 0 Å². The Kier molecular flexibility index (Phi) is 35.7. The fourth-order valence-corrected chi connectivity index (χ4v) is 13.9. The van der Waals surface area contributed by atoms with E-state index < -0.39 is 19.1 Å². The van der Waals surface area contributed by atoms with Crippen molar-refractivity contribution >= 4 is 128 Å². The molecule has 1 amide bonds. The summed E-state index contributed by atoms with van der Waals surface area (Å²) in [5.74, 6) is -0.113. The molecule has 2 aliphatic carbocycles. The van der Waals surface area contributed by atoms with Gasteiger partial charge in [-0.25, -0.2) is 21.6 Å². The number of aryl methyl sites for hydroxylation is 9. The number of benzene rings is 5. The lowest BCUT2D eigenvalue weighted by molar-refractivity contribution is -0.191. The number of nitrogens with one attached hydrogen (secondary N) is 5. The predicted octanol–water partition coefficient (Wildman–Crippen LogP) is 10.6. The highest BCUT2D eigenvalue weighted by Crippen LogP contribution is 2.36. The quantitative estimate of drug-likeness (QED) is 0.0212. The van der Waals surface area contributed by atoms with Gasteiger partial charge in [0.2, 0.25) is 21.2 Å². The molecule has 2 fully saturated rings. The SMILES string of the molecule is CC1(N)CC1.CCc1cnn(C)c1.Cl.Cn1cc(CCC(=O)Cl)cn1.Cn1cc(CCC(=O)Nc2ccccc2C=O)cn1.Cn1cc(Cc2cc3cc(S(=O)(=O)Cl)ccc3[nH]c2=O)cn1.Cn1cc(Cc2cc3cc(S(=O)(=O)NC4(C)CC4)ccc3[nH]c2=O)cn1.Cn1cc(Cc2cc3ccccc3[nH]c2=O)cn1.Nc1ccccc1C=O.O=C=O. The Morgan fingerprint density at radius 2 is 0.869 bits per heavy atom. The number of rotatable bonds is 20. The van der Waals surface area contributed by atoms with Crippen molar-refractivity contribution < 1.29 is 45.6 Å². The molecular weight excluding hydrogens is 1670 g/mol. The van der Waals surface area contributed by atoms with Crippen molar-refractivity contribution in [2.45, 2.75) is 119 Å². The number of halogens is 3. The van der Waals surface area contributed by atoms with Crippen molar-refractivity contribution in [2.75, 3.05) is 11.1 Å². The number of hydrogen-bond donors (Lipinski definition) is 7. The maximum atomic E-state index is 12.6. The minimum Gasteiger partial charge on any atom is -0.398 e. The number of pyridine rings is 3. The Labute approximate surface area is 718 Å². The molecule has 0 atom stereocenters. The fraction of sp³-hybridized carbons (Fsp3) is 0.271. The van der Waals surface area contributed by atoms with Crippen molar-refractivity contribution in [2.24, 2.45) is 48.0 Å². The number of aromatic amines is 3. The molecule has 0 saturated heterocycles. The van der Waals surface area contributed by atoms with Gasteiger partial charge in [0.05, 0.1) is 52.7 Å². The second kappa shape index (κ2) is 45.1. The molecule has 642 valence electrons. The number of para-hydroxylation sites is 3. The first-order chi connectivity index (χ1) is 57.4. The van der Waals surface area contributed by atoms with E-state index in [1.54, 1.807) is 134 Å². The number of aldehydes is 2. The number of anilines is 2. The molecule has 5 aromatic carbocycles. The van der Waals surface area contributed by atoms with Gasteiger partial charge in [0.15, 0.2) is 12.6 Å². The minimum absolute atomic E-state index is 0. The van der Waals surface area contributed by atoms with Gasteiger partial charge in [0, 0.05) is 183 Å². The summed E-state index contributed by atoms with van der Waals surface area (Å²) in [5.41, 5.74) is 22.6. The number of carbonyl (C=O) groups is 4. The number of hydrogen-bond acceptors (Lipinski definition) is 21. The molecule has 14 aromatic rings. The number of amides is 1. The van der Waals surface area contributed by atoms with Gasteiger partial charge in [-0.15, -0.1) is 12.4 Å². The van der Waals surface area contributed by atoms with Gasteiger partial charge >= 0.3 is 6.15 Å². The Bertz CT molecular complexity index is 6360. The average molecular weight is 1760 g/mol. The lowest BCUT2D eigenvalue weighted by atomic mass is 10.1. The second-order valence-corrected chi connectivity index (χ2v) is 33.8. The molecule has 9 N–H and O–H groups in total. The Morgan fingerprint density at radius 1 is 0.508 bits per heavy atom. The van der Waals surface area contributed by atoms with Crippen LogP contribution in [0.4, 0.5) is 11.4 Å². The van der Waals surface area contributed by atoms with Crippen molar-refractivity contribution in [1.82, 2.24) is 78.4 Å². The van der Waals surface area contributed by atoms with Crippen LogP contribution < -0.4 is 38.2 Å². The molecule has 9 heterocycles. The molecule has 32 nitrogen and oxygen atoms in total. The van der Waals surface area contributed by atoms with Gasteiger partial charge in [-0.05, 0) is 205 Å². The van der Waals surface area contributed by atoms with Gasteiger partial charge in [-0.3, -0.25) is 61.7 Å². The van der Waals surface area contributed by atoms with E-state index in [1.165, 1.54) is 42.7 Å². The van der Waals surface area contributed by atoms with E-state index in [0.29, 0.717) is 100 Å². The van der Waals surface area contributed by atoms with Crippen LogP contribution in [0.5, 0.6) is 0 Å². The largest absolute Gasteiger partial charge is 0.398 e. The molecule has 37 heteroatoms. The number of sulfonamides is 1. The molecule has 9 aromatic heterocycles. The number of nitrogen functional groups attached to an aromatic ring is 1. The number of H-pyrrole nitrogens is 3. The first kappa shape index (κ1) is 96.5. The number of aromatic nitrogens is 15. The van der Waals surface area contributed by atoms with Crippen molar-refractivity contribution in [3.8, 4) is 0 Å². The average Bonchev–Trinajstić information content (AvgIpc) is 1.43. The van der Waals surface area contributed by atoms with E-state index in [2.05, 4.69) is 69.4 Å². The summed E-state index contributed by atoms with van der Waals surface area (Å²) in [6, 6.07) is 36.1. The van der Waals surface area contributed by atoms with Crippen LogP contribution in [0.1, 0.15) is 130 Å². The van der Waals surface area contributed by atoms with Gasteiger partial charge < -0.3 is 31.7 Å². The van der Waals surface area contributed by atoms with Crippen LogP contribution in [-0.4, -0.2) is 131 Å². The minimum atomic E-state index is -3.81. The Hall–Kier alpha value is -12.7. The van der Waals surface area contributed by atoms with Crippen LogP contribution in [0.3, 0.4) is 0 Å². The van der Waals surface area contributed by atoms with E-state index in [-0.39, 0.29) is 67.3 Å². The molecule has 0 bridgehead atoms. The molecular formula is C85H96Cl3N19O13S2. The molecule has 0 aliphatic heterocycles. The molecule has 122 heavy (non-hydrogen) atoms. The number of nitrogens with two attached hydrogens (primary N) is 2. The van der Waals surface area contributed by atoms with Crippen LogP contribution in [0.2, 0.25) is 0 Å². The smallest absolute Gasteiger partial charge is 0.373 e. The third-order valence-electron chi connectivity index (χ3n) is 18.5. The highest BCUT2D eigenvalue weighted by Gasteiger charge is 2.41. The first-order valence-corrected chi connectivity index (χ1v) is 42.0. The lowest BCUT2D eigenvalue weighted by Gasteiger charge is -2.12. The van der Waals surface area contributed by atoms with Crippen LogP contribution >= 0.6 is 34.7 Å². The topological polar surface area (TPSA) is 452 Å². The van der Waals surface area contributed by atoms with Crippen molar-refractivity contribution in [3.05, 3.63) is 294 Å². The molecule has 0 unspecified atom stereocenters. The summed E-state index contributed by atoms with van der Waals surface area (Å²) < 4.78 is 61.0. The second-order valence-electron chi connectivity index (χ2n) is 29.2. The third-order valence-corrected chi connectivity index (χ3v) is 21.7. The summed E-state index contributed by atoms with van der Waals surface area (Å²) in [7, 11) is 9.06. The first-order valence-electron chi connectivity index (χ1n) is 37.8. The monoisotopic (exact) mass is 1760 g/mol. The molecule has 2 saturated carbocycles. The van der Waals surface area contributed by atoms with E-state index >= 15 is 0 Å². The Morgan fingerprint density at radius 3 is 1.24 bits per heavy atom. The van der Waals surface area contributed by atoms with Gasteiger partial charge in [-0.1, -0.05) is 49.4 Å². The van der Waals surface area contributed by atoms with Gasteiger partial charge in [0.25, 0.3) is 25.7 Å². The van der Waals surface area contributed by atoms with Crippen LogP contribution in [-0.2, 0) is 119 Å². The summed E-state index contributed by atoms with van der Waals surface area (Å²) in [6.07, 6.45) is 32.4. The summed E-state index contributed by atoms with van der Waals surface area (Å²) >= 11 is 5.17. The zero-order valence-electron chi connectivity index (χ0n) is 68.5. The predicted molar refractivity (Wildman–Crippen MR) is 470 cm³/mol. The zero-order chi connectivity index (χ0) is 88.2. The van der Waals surface area contributed by atoms with E-state index in [9.17, 15) is 50.4 Å². The highest BCUT2D eigenvalue weighted by atomic mass is 35.7. The zero-order valence-corrected chi connectivity index (χ0v) is 72.5. The number of fused-ring (bicyclic) bond motifs is 3. The Balaban J connectivity index is 0.000000198. The maximum Gasteiger partial charge on any atom is 0.373 e. The van der Waals surface area contributed by atoms with Crippen LogP contribution in [0.15, 0.2) is 226 Å². The standard InChI is InChI=1S/C18H20N4O3S.C14H12ClN3O3S.C14H15N3O2.C14H13N3O.C7H9ClN2O.C7H7NO.C6H10N2.C4H9N.CO2.ClH/c1-18(5-6-18)21-26(24,25)15-3-4-16-13(9-15)8-14(17(23)20-16)7-12-10-19-22(2)11-12;1-18-8-9(7-16-18)4-11-5-10-6-12(22(15,20)21)2-3-13(10)17-14(11)19;1-17-9-11(8-15-17)6-7-14(19)16-13-5-3-2-4-12(13)10-18;1-17-9-10(8-15-17)6-12-7-11-4-2-3-5-13(11)16-14(12)18;1-10-5-6(4-9-10)2-3-7(8)11;8-7-4-2-1-3-6(7)5-9;1-3-6-4-7-8(2)5-6;1-4(5)2-3-4;2-1-3;/h3-4,8-11,21H,5-7H2,1-2H3,(H,20,23);2-3,5-8H,4H2,1H3,(H,17,19);2-5,8-10H,6-7H2,1H3,(H,16,19);2-5,7-9H,6H2,1H3,(H,16,18);4-5H,2-3H2,1H3;1-5H,8H2;4-5H,3H2,1-2H3;2-3,5H2,1H3;;1H. The van der Waals surface area contributed by atoms with Crippen LogP contribution in [0.25, 0.3) is 32.7 Å². The van der Waals surface area contributed by atoms with Gasteiger partial charge in [-0.2, -0.15) is 40.2 Å². The highest BCUT2D eigenvalue weighted by molar-refractivity contribution is 8.13. The van der Waals surface area contributed by atoms with Crippen molar-refractivity contribution in [1.29, 1.82) is 0 Å². The van der Waals surface area contributed by atoms with E-state index in [4.69, 9.17) is 43.3 Å². The molecule has 16 rings (SSSR count). The lowest BCUT2D eigenvalue weighted by Crippen LogP contribution is -2.34. The summed E-state index contributed by atoms with van der Waals surface area (Å²) in [5, 5.41) is 29.1.